The van der Waals surface area contributed by atoms with Gasteiger partial charge in [0.25, 0.3) is 0 Å². The monoisotopic (exact) mass is 298 g/mol. The first-order valence-corrected chi connectivity index (χ1v) is 5.86. The molecule has 2 aliphatic heterocycles. The normalized spacial score (nSPS) is 20.9. The van der Waals surface area contributed by atoms with Crippen molar-refractivity contribution in [1.82, 2.24) is 9.97 Å². The van der Waals surface area contributed by atoms with Crippen LogP contribution < -0.4 is 15.4 Å². The number of aromatic nitrogens is 2. The van der Waals surface area contributed by atoms with Crippen molar-refractivity contribution in [2.75, 3.05) is 24.6 Å². The summed E-state index contributed by atoms with van der Waals surface area (Å²) in [5.41, 5.74) is 5.95. The maximum atomic E-state index is 11.6. The van der Waals surface area contributed by atoms with Crippen LogP contribution in [0.3, 0.4) is 0 Å². The zero-order valence-electron chi connectivity index (χ0n) is 10.5. The van der Waals surface area contributed by atoms with Crippen LogP contribution in [0.2, 0.25) is 0 Å². The zero-order valence-corrected chi connectivity index (χ0v) is 11.5. The first-order chi connectivity index (χ1) is 9.17. The molecule has 2 aliphatic rings. The Balaban J connectivity index is 0.00000147. The molecule has 1 aromatic rings. The van der Waals surface area contributed by atoms with E-state index in [0.29, 0.717) is 18.0 Å². The molecule has 1 amide bonds. The number of fused-ring (bicyclic) bond motifs is 1. The summed E-state index contributed by atoms with van der Waals surface area (Å²) < 4.78 is 10.2. The van der Waals surface area contributed by atoms with Gasteiger partial charge >= 0.3 is 6.09 Å². The van der Waals surface area contributed by atoms with Crippen molar-refractivity contribution in [2.24, 2.45) is 5.73 Å². The molecule has 1 atom stereocenters. The molecule has 108 valence electrons. The zero-order chi connectivity index (χ0) is 13.4. The molecular weight excluding hydrogens is 284 g/mol. The molecule has 9 heteroatoms. The summed E-state index contributed by atoms with van der Waals surface area (Å²) in [5, 5.41) is 0. The van der Waals surface area contributed by atoms with E-state index in [0.717, 1.165) is 0 Å². The highest BCUT2D eigenvalue weighted by molar-refractivity contribution is 7.59. The van der Waals surface area contributed by atoms with Crippen LogP contribution in [0.4, 0.5) is 10.7 Å². The average Bonchev–Trinajstić information content (AvgIpc) is 2.79. The number of ether oxygens (including phenoxy) is 2. The Morgan fingerprint density at radius 2 is 2.25 bits per heavy atom. The predicted molar refractivity (Wildman–Crippen MR) is 73.3 cm³/mol. The van der Waals surface area contributed by atoms with Gasteiger partial charge in [0, 0.05) is 6.54 Å². The van der Waals surface area contributed by atoms with Crippen molar-refractivity contribution in [1.29, 1.82) is 0 Å². The van der Waals surface area contributed by atoms with Crippen LogP contribution in [0.1, 0.15) is 5.69 Å². The van der Waals surface area contributed by atoms with Gasteiger partial charge in [-0.2, -0.15) is 13.5 Å². The van der Waals surface area contributed by atoms with E-state index in [-0.39, 0.29) is 50.9 Å². The minimum absolute atomic E-state index is 0. The standard InChI is InChI=1S/C11H12N4O4.H2S/c12-2-7-4-15(11(17)19-7)10-13-3-9-8(14-10)1-6(16)5-18-9;/h3,7H,1-2,4-5,12H2;1H2/t7-;/m0./s1. The fourth-order valence-corrected chi connectivity index (χ4v) is 1.98. The lowest BCUT2D eigenvalue weighted by Crippen LogP contribution is -2.30. The van der Waals surface area contributed by atoms with Gasteiger partial charge in [0.1, 0.15) is 12.7 Å². The highest BCUT2D eigenvalue weighted by Gasteiger charge is 2.34. The number of hydrogen-bond donors (Lipinski definition) is 1. The van der Waals surface area contributed by atoms with E-state index in [1.165, 1.54) is 11.1 Å². The maximum absolute atomic E-state index is 11.6. The smallest absolute Gasteiger partial charge is 0.417 e. The van der Waals surface area contributed by atoms with Crippen LogP contribution in [0, 0.1) is 0 Å². The van der Waals surface area contributed by atoms with Crippen molar-refractivity contribution in [3.63, 3.8) is 0 Å². The third kappa shape index (κ3) is 2.54. The number of nitrogens with zero attached hydrogens (tertiary/aromatic N) is 3. The summed E-state index contributed by atoms with van der Waals surface area (Å²) in [4.78, 5) is 32.5. The third-order valence-electron chi connectivity index (χ3n) is 2.95. The predicted octanol–water partition coefficient (Wildman–Crippen LogP) is -0.623. The van der Waals surface area contributed by atoms with Crippen molar-refractivity contribution in [3.8, 4) is 5.75 Å². The number of carbonyl (C=O) groups is 2. The molecule has 0 spiro atoms. The molecule has 0 radical (unpaired) electrons. The highest BCUT2D eigenvalue weighted by Crippen LogP contribution is 2.24. The van der Waals surface area contributed by atoms with Gasteiger partial charge in [0.15, 0.2) is 11.5 Å². The van der Waals surface area contributed by atoms with Gasteiger partial charge in [0.05, 0.1) is 24.9 Å². The first-order valence-electron chi connectivity index (χ1n) is 5.86. The molecule has 0 saturated carbocycles. The summed E-state index contributed by atoms with van der Waals surface area (Å²) in [7, 11) is 0. The number of hydrogen-bond acceptors (Lipinski definition) is 7. The molecule has 2 N–H and O–H groups in total. The summed E-state index contributed by atoms with van der Waals surface area (Å²) in [6.45, 7) is 0.592. The second-order valence-electron chi connectivity index (χ2n) is 4.34. The number of anilines is 1. The Morgan fingerprint density at radius 3 is 2.95 bits per heavy atom. The Morgan fingerprint density at radius 1 is 1.45 bits per heavy atom. The molecule has 0 aromatic carbocycles. The molecule has 1 saturated heterocycles. The molecule has 0 aliphatic carbocycles. The van der Waals surface area contributed by atoms with Gasteiger partial charge in [0.2, 0.25) is 5.95 Å². The third-order valence-corrected chi connectivity index (χ3v) is 2.95. The summed E-state index contributed by atoms with van der Waals surface area (Å²) in [5.74, 6) is 0.630. The molecule has 3 heterocycles. The molecule has 0 bridgehead atoms. The van der Waals surface area contributed by atoms with E-state index in [1.54, 1.807) is 0 Å². The molecule has 20 heavy (non-hydrogen) atoms. The van der Waals surface area contributed by atoms with E-state index < -0.39 is 6.09 Å². The largest absolute Gasteiger partial charge is 0.482 e. The fourth-order valence-electron chi connectivity index (χ4n) is 1.98. The Hall–Kier alpha value is -1.87. The number of Topliss-reactive ketones (excluding diaryl/α,β-unsaturated/α-hetero) is 1. The molecule has 1 fully saturated rings. The Bertz CT molecular complexity index is 553. The Kier molecular flexibility index (Phi) is 4.09. The number of rotatable bonds is 2. The average molecular weight is 298 g/mol. The lowest BCUT2D eigenvalue weighted by molar-refractivity contribution is -0.121. The van der Waals surface area contributed by atoms with E-state index in [9.17, 15) is 9.59 Å². The van der Waals surface area contributed by atoms with E-state index >= 15 is 0 Å². The SMILES string of the molecule is NC[C@H]1CN(c2ncc3c(n2)CC(=O)CO3)C(=O)O1.S. The number of carbonyl (C=O) groups excluding carboxylic acids is 2. The minimum atomic E-state index is -0.529. The second kappa shape index (κ2) is 5.63. The van der Waals surface area contributed by atoms with E-state index in [1.807, 2.05) is 0 Å². The van der Waals surface area contributed by atoms with Crippen LogP contribution in [0.5, 0.6) is 5.75 Å². The molecule has 0 unspecified atom stereocenters. The van der Waals surface area contributed by atoms with Crippen LogP contribution >= 0.6 is 13.5 Å². The van der Waals surface area contributed by atoms with Crippen molar-refractivity contribution >= 4 is 31.3 Å². The highest BCUT2D eigenvalue weighted by atomic mass is 32.1. The fraction of sp³-hybridized carbons (Fsp3) is 0.455. The lowest BCUT2D eigenvalue weighted by Gasteiger charge is -2.17. The van der Waals surface area contributed by atoms with Gasteiger partial charge in [-0.1, -0.05) is 0 Å². The quantitative estimate of drug-likeness (QED) is 0.775. The number of amides is 1. The number of cyclic esters (lactones) is 1. The summed E-state index contributed by atoms with van der Waals surface area (Å²) >= 11 is 0. The van der Waals surface area contributed by atoms with Crippen molar-refractivity contribution < 1.29 is 19.1 Å². The molecule has 1 aromatic heterocycles. The van der Waals surface area contributed by atoms with Crippen molar-refractivity contribution in [3.05, 3.63) is 11.9 Å². The van der Waals surface area contributed by atoms with Crippen LogP contribution in [0.25, 0.3) is 0 Å². The van der Waals surface area contributed by atoms with Crippen LogP contribution in [-0.2, 0) is 16.0 Å². The van der Waals surface area contributed by atoms with Gasteiger partial charge < -0.3 is 15.2 Å². The van der Waals surface area contributed by atoms with Crippen LogP contribution in [0.15, 0.2) is 6.20 Å². The lowest BCUT2D eigenvalue weighted by atomic mass is 10.2. The molecule has 8 nitrogen and oxygen atoms in total. The van der Waals surface area contributed by atoms with Gasteiger partial charge in [-0.05, 0) is 0 Å². The van der Waals surface area contributed by atoms with Gasteiger partial charge in [-0.15, -0.1) is 0 Å². The van der Waals surface area contributed by atoms with Gasteiger partial charge in [-0.25, -0.2) is 19.7 Å². The topological polar surface area (TPSA) is 108 Å². The van der Waals surface area contributed by atoms with E-state index in [4.69, 9.17) is 15.2 Å². The number of ketones is 1. The first kappa shape index (κ1) is 14.5. The Labute approximate surface area is 121 Å². The maximum Gasteiger partial charge on any atom is 0.417 e. The summed E-state index contributed by atoms with van der Waals surface area (Å²) in [6, 6.07) is 0. The summed E-state index contributed by atoms with van der Waals surface area (Å²) in [6.07, 6.45) is 0.768. The van der Waals surface area contributed by atoms with Crippen LogP contribution in [-0.4, -0.2) is 47.6 Å². The van der Waals surface area contributed by atoms with Gasteiger partial charge in [-0.3, -0.25) is 4.79 Å². The molecule has 3 rings (SSSR count). The number of nitrogens with two attached hydrogens (primary N) is 1. The minimum Gasteiger partial charge on any atom is -0.482 e. The molecular formula is C11H14N4O4S. The van der Waals surface area contributed by atoms with E-state index in [2.05, 4.69) is 9.97 Å². The second-order valence-corrected chi connectivity index (χ2v) is 4.34. The van der Waals surface area contributed by atoms with Crippen molar-refractivity contribution in [2.45, 2.75) is 12.5 Å².